The molecule has 0 aliphatic rings. The number of carbonyl (C=O) groups is 1. The standard InChI is InChI=1S/C4H2N2.C3H5NO/c1-4(2-5)3-6;1-2-3(4)5/h1H2;2H,1H2,(H2,4,5). The molecule has 0 saturated heterocycles. The fraction of sp³-hybridized carbons (Fsp3) is 0. The molecule has 56 valence electrons. The molecular weight excluding hydrogens is 142 g/mol. The van der Waals surface area contributed by atoms with Gasteiger partial charge >= 0.3 is 0 Å². The molecule has 0 aliphatic carbocycles. The van der Waals surface area contributed by atoms with Gasteiger partial charge in [0, 0.05) is 0 Å². The van der Waals surface area contributed by atoms with Crippen molar-refractivity contribution in [2.75, 3.05) is 0 Å². The Kier molecular flexibility index (Phi) is 8.43. The van der Waals surface area contributed by atoms with Crippen molar-refractivity contribution in [3.05, 3.63) is 24.8 Å². The van der Waals surface area contributed by atoms with Crippen LogP contribution in [0.1, 0.15) is 0 Å². The van der Waals surface area contributed by atoms with Gasteiger partial charge in [-0.1, -0.05) is 13.2 Å². The van der Waals surface area contributed by atoms with Gasteiger partial charge in [-0.3, -0.25) is 4.79 Å². The molecule has 4 heteroatoms. The first-order valence-electron chi connectivity index (χ1n) is 2.49. The Morgan fingerprint density at radius 1 is 1.45 bits per heavy atom. The van der Waals surface area contributed by atoms with Crippen molar-refractivity contribution in [2.45, 2.75) is 0 Å². The number of nitriles is 2. The lowest BCUT2D eigenvalue weighted by Gasteiger charge is -1.65. The Balaban J connectivity index is 0. The summed E-state index contributed by atoms with van der Waals surface area (Å²) in [4.78, 5) is 9.47. The predicted octanol–water partition coefficient (Wildman–Crippen LogP) is 0.247. The molecule has 2 N–H and O–H groups in total. The van der Waals surface area contributed by atoms with E-state index in [9.17, 15) is 4.79 Å². The average molecular weight is 149 g/mol. The largest absolute Gasteiger partial charge is 0.366 e. The molecule has 0 bridgehead atoms. The maximum Gasteiger partial charge on any atom is 0.240 e. The Hall–Kier alpha value is -2.07. The molecule has 0 aromatic carbocycles. The molecule has 0 unspecified atom stereocenters. The quantitative estimate of drug-likeness (QED) is 0.427. The molecule has 11 heavy (non-hydrogen) atoms. The fourth-order valence-corrected chi connectivity index (χ4v) is 0.0250. The van der Waals surface area contributed by atoms with Crippen molar-refractivity contribution in [1.82, 2.24) is 0 Å². The van der Waals surface area contributed by atoms with E-state index < -0.39 is 5.91 Å². The van der Waals surface area contributed by atoms with E-state index in [0.29, 0.717) is 0 Å². The van der Waals surface area contributed by atoms with Crippen molar-refractivity contribution in [3.8, 4) is 12.1 Å². The molecule has 0 fully saturated rings. The molecule has 0 heterocycles. The van der Waals surface area contributed by atoms with Gasteiger partial charge in [-0.2, -0.15) is 10.5 Å². The van der Waals surface area contributed by atoms with Crippen LogP contribution in [0.2, 0.25) is 0 Å². The molecule has 0 rings (SSSR count). The van der Waals surface area contributed by atoms with Gasteiger partial charge in [0.2, 0.25) is 5.91 Å². The first-order valence-corrected chi connectivity index (χ1v) is 2.49. The van der Waals surface area contributed by atoms with E-state index in [-0.39, 0.29) is 5.57 Å². The van der Waals surface area contributed by atoms with Gasteiger partial charge in [0.15, 0.2) is 0 Å². The lowest BCUT2D eigenvalue weighted by atomic mass is 10.4. The first kappa shape index (κ1) is 11.7. The summed E-state index contributed by atoms with van der Waals surface area (Å²) in [5.74, 6) is -0.481. The van der Waals surface area contributed by atoms with Crippen LogP contribution in [0, 0.1) is 22.7 Å². The van der Waals surface area contributed by atoms with Gasteiger partial charge in [-0.05, 0) is 6.08 Å². The Labute approximate surface area is 64.8 Å². The zero-order valence-electron chi connectivity index (χ0n) is 5.87. The lowest BCUT2D eigenvalue weighted by Crippen LogP contribution is -2.04. The van der Waals surface area contributed by atoms with E-state index in [1.807, 2.05) is 0 Å². The van der Waals surface area contributed by atoms with Crippen LogP contribution in [-0.4, -0.2) is 5.91 Å². The first-order chi connectivity index (χ1) is 5.08. The summed E-state index contributed by atoms with van der Waals surface area (Å²) in [5, 5.41) is 15.5. The van der Waals surface area contributed by atoms with E-state index >= 15 is 0 Å². The molecule has 4 nitrogen and oxygen atoms in total. The van der Waals surface area contributed by atoms with E-state index in [0.717, 1.165) is 6.08 Å². The number of hydrogen-bond acceptors (Lipinski definition) is 3. The molecular formula is C7H7N3O. The number of primary amides is 1. The Morgan fingerprint density at radius 3 is 1.73 bits per heavy atom. The molecule has 0 saturated carbocycles. The molecule has 0 aliphatic heterocycles. The topological polar surface area (TPSA) is 90.7 Å². The van der Waals surface area contributed by atoms with Crippen molar-refractivity contribution < 1.29 is 4.79 Å². The SMILES string of the molecule is C=C(C#N)C#N.C=CC(N)=O. The number of hydrogen-bond donors (Lipinski definition) is 1. The number of allylic oxidation sites excluding steroid dienone is 1. The van der Waals surface area contributed by atoms with Gasteiger partial charge in [0.05, 0.1) is 0 Å². The van der Waals surface area contributed by atoms with E-state index in [2.05, 4.69) is 18.9 Å². The van der Waals surface area contributed by atoms with Crippen LogP contribution < -0.4 is 5.73 Å². The van der Waals surface area contributed by atoms with Crippen LogP contribution in [0.3, 0.4) is 0 Å². The van der Waals surface area contributed by atoms with Crippen LogP contribution >= 0.6 is 0 Å². The maximum absolute atomic E-state index is 9.47. The third-order valence-corrected chi connectivity index (χ3v) is 0.471. The Bertz CT molecular complexity index is 225. The summed E-state index contributed by atoms with van der Waals surface area (Å²) in [7, 11) is 0. The van der Waals surface area contributed by atoms with E-state index in [4.69, 9.17) is 10.5 Å². The smallest absolute Gasteiger partial charge is 0.240 e. The summed E-state index contributed by atoms with van der Waals surface area (Å²) in [6.07, 6.45) is 1.06. The second-order valence-corrected chi connectivity index (χ2v) is 1.31. The predicted molar refractivity (Wildman–Crippen MR) is 39.8 cm³/mol. The second-order valence-electron chi connectivity index (χ2n) is 1.31. The van der Waals surface area contributed by atoms with Crippen molar-refractivity contribution >= 4 is 5.91 Å². The monoisotopic (exact) mass is 149 g/mol. The highest BCUT2D eigenvalue weighted by Gasteiger charge is 1.76. The summed E-state index contributed by atoms with van der Waals surface area (Å²) in [6.45, 7) is 6.16. The number of rotatable bonds is 1. The van der Waals surface area contributed by atoms with E-state index in [1.54, 1.807) is 12.1 Å². The lowest BCUT2D eigenvalue weighted by molar-refractivity contribution is -0.113. The third-order valence-electron chi connectivity index (χ3n) is 0.471. The Morgan fingerprint density at radius 2 is 1.73 bits per heavy atom. The number of amides is 1. The van der Waals surface area contributed by atoms with Crippen molar-refractivity contribution in [1.29, 1.82) is 10.5 Å². The summed E-state index contributed by atoms with van der Waals surface area (Å²) < 4.78 is 0. The van der Waals surface area contributed by atoms with E-state index in [1.165, 1.54) is 0 Å². The molecule has 0 spiro atoms. The molecule has 1 amide bonds. The maximum atomic E-state index is 9.47. The normalized spacial score (nSPS) is 5.64. The molecule has 0 radical (unpaired) electrons. The number of nitrogens with two attached hydrogens (primary N) is 1. The minimum Gasteiger partial charge on any atom is -0.366 e. The molecule has 0 aromatic heterocycles. The highest BCUT2D eigenvalue weighted by molar-refractivity contribution is 5.84. The van der Waals surface area contributed by atoms with Gasteiger partial charge < -0.3 is 5.73 Å². The molecule has 0 aromatic rings. The van der Waals surface area contributed by atoms with Crippen LogP contribution in [0.5, 0.6) is 0 Å². The van der Waals surface area contributed by atoms with Crippen molar-refractivity contribution in [2.24, 2.45) is 5.73 Å². The number of carbonyl (C=O) groups excluding carboxylic acids is 1. The highest BCUT2D eigenvalue weighted by atomic mass is 16.1. The van der Waals surface area contributed by atoms with Crippen LogP contribution in [0.4, 0.5) is 0 Å². The second kappa shape index (κ2) is 7.93. The molecule has 0 atom stereocenters. The summed E-state index contributed by atoms with van der Waals surface area (Å²) in [6, 6.07) is 3.12. The van der Waals surface area contributed by atoms with Gasteiger partial charge in [0.25, 0.3) is 0 Å². The average Bonchev–Trinajstić information content (AvgIpc) is 2.04. The van der Waals surface area contributed by atoms with Gasteiger partial charge in [-0.25, -0.2) is 0 Å². The summed E-state index contributed by atoms with van der Waals surface area (Å²) in [5.41, 5.74) is 4.49. The zero-order chi connectivity index (χ0) is 9.28. The minimum atomic E-state index is -0.481. The third kappa shape index (κ3) is 18.1. The van der Waals surface area contributed by atoms with Crippen LogP contribution in [0.15, 0.2) is 24.8 Å². The van der Waals surface area contributed by atoms with Crippen molar-refractivity contribution in [3.63, 3.8) is 0 Å². The van der Waals surface area contributed by atoms with Crippen LogP contribution in [-0.2, 0) is 4.79 Å². The van der Waals surface area contributed by atoms with Gasteiger partial charge in [0.1, 0.15) is 17.7 Å². The highest BCUT2D eigenvalue weighted by Crippen LogP contribution is 1.75. The van der Waals surface area contributed by atoms with Crippen LogP contribution in [0.25, 0.3) is 0 Å². The fourth-order valence-electron chi connectivity index (χ4n) is 0.0250. The zero-order valence-corrected chi connectivity index (χ0v) is 5.87. The minimum absolute atomic E-state index is 0.0463. The summed E-state index contributed by atoms with van der Waals surface area (Å²) >= 11 is 0. The van der Waals surface area contributed by atoms with Gasteiger partial charge in [-0.15, -0.1) is 0 Å². The number of nitrogens with zero attached hydrogens (tertiary/aromatic N) is 2.